The number of hydrogen-bond acceptors (Lipinski definition) is 2. The number of hydrogen-bond donors (Lipinski definition) is 0. The fourth-order valence-electron chi connectivity index (χ4n) is 1.11. The van der Waals surface area contributed by atoms with Crippen LogP contribution in [0, 0.1) is 11.3 Å². The highest BCUT2D eigenvalue weighted by Crippen LogP contribution is 2.46. The molecule has 1 nitrogen and oxygen atoms in total. The van der Waals surface area contributed by atoms with Crippen LogP contribution in [0.4, 0.5) is 0 Å². The smallest absolute Gasteiger partial charge is 0.100 e. The second-order valence-corrected chi connectivity index (χ2v) is 5.18. The molecule has 1 aliphatic rings. The third-order valence-corrected chi connectivity index (χ3v) is 3.60. The van der Waals surface area contributed by atoms with E-state index in [0.29, 0.717) is 5.92 Å². The maximum Gasteiger partial charge on any atom is 0.100 e. The lowest BCUT2D eigenvalue weighted by atomic mass is 10.2. The molecule has 1 aromatic rings. The van der Waals surface area contributed by atoms with Gasteiger partial charge in [0, 0.05) is 4.88 Å². The largest absolute Gasteiger partial charge is 0.192 e. The van der Waals surface area contributed by atoms with Gasteiger partial charge in [-0.15, -0.1) is 11.3 Å². The molecule has 0 aliphatic heterocycles. The Bertz CT molecular complexity index is 319. The van der Waals surface area contributed by atoms with Gasteiger partial charge in [0.2, 0.25) is 0 Å². The third kappa shape index (κ3) is 1.33. The lowest BCUT2D eigenvalue weighted by Crippen LogP contribution is -1.75. The lowest BCUT2D eigenvalue weighted by molar-refractivity contribution is 1.17. The molecule has 1 heterocycles. The highest BCUT2D eigenvalue weighted by atomic mass is 79.9. The maximum atomic E-state index is 8.74. The fraction of sp³-hybridized carbons (Fsp3) is 0.375. The molecule has 0 spiro atoms. The summed E-state index contributed by atoms with van der Waals surface area (Å²) < 4.78 is 1.08. The molecule has 56 valence electrons. The quantitative estimate of drug-likeness (QED) is 0.723. The summed E-state index contributed by atoms with van der Waals surface area (Å²) in [5.41, 5.74) is 0.865. The molecule has 0 aromatic carbocycles. The zero-order valence-corrected chi connectivity index (χ0v) is 8.20. The van der Waals surface area contributed by atoms with Gasteiger partial charge < -0.3 is 0 Å². The number of nitriles is 1. The third-order valence-electron chi connectivity index (χ3n) is 1.80. The molecular weight excluding hydrogens is 222 g/mol. The van der Waals surface area contributed by atoms with Gasteiger partial charge in [-0.25, -0.2) is 0 Å². The predicted octanol–water partition coefficient (Wildman–Crippen LogP) is 3.26. The van der Waals surface area contributed by atoms with Crippen LogP contribution in [0.25, 0.3) is 0 Å². The van der Waals surface area contributed by atoms with Crippen LogP contribution in [0.3, 0.4) is 0 Å². The number of thiophene rings is 1. The molecule has 0 unspecified atom stereocenters. The molecule has 1 saturated carbocycles. The molecule has 0 amide bonds. The van der Waals surface area contributed by atoms with E-state index in [4.69, 9.17) is 5.26 Å². The second kappa shape index (κ2) is 2.62. The van der Waals surface area contributed by atoms with E-state index in [9.17, 15) is 0 Å². The molecule has 0 radical (unpaired) electrons. The highest BCUT2D eigenvalue weighted by Gasteiger charge is 2.28. The number of halogens is 1. The van der Waals surface area contributed by atoms with Crippen LogP contribution in [-0.4, -0.2) is 0 Å². The normalized spacial score (nSPS) is 16.4. The van der Waals surface area contributed by atoms with Crippen LogP contribution >= 0.6 is 27.3 Å². The SMILES string of the molecule is N#Cc1cc(Br)sc1C1CC1. The fourth-order valence-corrected chi connectivity index (χ4v) is 2.87. The minimum absolute atomic E-state index is 0.695. The van der Waals surface area contributed by atoms with E-state index in [-0.39, 0.29) is 0 Å². The topological polar surface area (TPSA) is 23.8 Å². The summed E-state index contributed by atoms with van der Waals surface area (Å²) in [5, 5.41) is 8.74. The summed E-state index contributed by atoms with van der Waals surface area (Å²) in [6.45, 7) is 0. The average molecular weight is 228 g/mol. The van der Waals surface area contributed by atoms with Crippen LogP contribution in [-0.2, 0) is 0 Å². The van der Waals surface area contributed by atoms with Crippen molar-refractivity contribution in [2.45, 2.75) is 18.8 Å². The summed E-state index contributed by atoms with van der Waals surface area (Å²) in [5.74, 6) is 0.695. The van der Waals surface area contributed by atoms with E-state index in [1.54, 1.807) is 11.3 Å². The van der Waals surface area contributed by atoms with Gasteiger partial charge in [0.1, 0.15) is 6.07 Å². The van der Waals surface area contributed by atoms with E-state index < -0.39 is 0 Å². The van der Waals surface area contributed by atoms with Gasteiger partial charge in [-0.05, 0) is 40.8 Å². The van der Waals surface area contributed by atoms with Crippen LogP contribution < -0.4 is 0 Å². The second-order valence-electron chi connectivity index (χ2n) is 2.71. The first-order valence-corrected chi connectivity index (χ1v) is 5.11. The monoisotopic (exact) mass is 227 g/mol. The molecule has 0 saturated heterocycles. The van der Waals surface area contributed by atoms with E-state index in [1.165, 1.54) is 17.7 Å². The minimum atomic E-state index is 0.695. The van der Waals surface area contributed by atoms with Gasteiger partial charge in [0.05, 0.1) is 9.35 Å². The lowest BCUT2D eigenvalue weighted by Gasteiger charge is -1.88. The van der Waals surface area contributed by atoms with Gasteiger partial charge in [-0.1, -0.05) is 0 Å². The molecule has 1 aliphatic carbocycles. The van der Waals surface area contributed by atoms with Crippen LogP contribution in [0.2, 0.25) is 0 Å². The van der Waals surface area contributed by atoms with Crippen molar-refractivity contribution >= 4 is 27.3 Å². The van der Waals surface area contributed by atoms with Crippen molar-refractivity contribution in [2.75, 3.05) is 0 Å². The Kier molecular flexibility index (Phi) is 1.74. The van der Waals surface area contributed by atoms with Gasteiger partial charge in [-0.3, -0.25) is 0 Å². The molecular formula is C8H6BrNS. The zero-order chi connectivity index (χ0) is 7.84. The van der Waals surface area contributed by atoms with Crippen LogP contribution in [0.1, 0.15) is 29.2 Å². The number of nitrogens with zero attached hydrogens (tertiary/aromatic N) is 1. The van der Waals surface area contributed by atoms with E-state index in [0.717, 1.165) is 9.35 Å². The minimum Gasteiger partial charge on any atom is -0.192 e. The van der Waals surface area contributed by atoms with Crippen LogP contribution in [0.15, 0.2) is 9.85 Å². The van der Waals surface area contributed by atoms with Crippen LogP contribution in [0.5, 0.6) is 0 Å². The molecule has 11 heavy (non-hydrogen) atoms. The van der Waals surface area contributed by atoms with E-state index >= 15 is 0 Å². The molecule has 1 fully saturated rings. The standard InChI is InChI=1S/C8H6BrNS/c9-7-3-6(4-10)8(11-7)5-1-2-5/h3,5H,1-2H2. The zero-order valence-electron chi connectivity index (χ0n) is 5.80. The van der Waals surface area contributed by atoms with Gasteiger partial charge >= 0.3 is 0 Å². The van der Waals surface area contributed by atoms with Crippen molar-refractivity contribution in [3.8, 4) is 6.07 Å². The van der Waals surface area contributed by atoms with E-state index in [1.807, 2.05) is 6.07 Å². The summed E-state index contributed by atoms with van der Waals surface area (Å²) >= 11 is 5.09. The molecule has 0 bridgehead atoms. The van der Waals surface area contributed by atoms with Gasteiger partial charge in [0.15, 0.2) is 0 Å². The molecule has 1 aromatic heterocycles. The Labute approximate surface area is 77.8 Å². The Morgan fingerprint density at radius 1 is 1.64 bits per heavy atom. The summed E-state index contributed by atoms with van der Waals surface area (Å²) in [6.07, 6.45) is 2.53. The first-order chi connectivity index (χ1) is 5.31. The predicted molar refractivity (Wildman–Crippen MR) is 48.7 cm³/mol. The van der Waals surface area contributed by atoms with Crippen molar-refractivity contribution in [1.82, 2.24) is 0 Å². The average Bonchev–Trinajstić information content (AvgIpc) is 2.75. The van der Waals surface area contributed by atoms with E-state index in [2.05, 4.69) is 22.0 Å². The summed E-state index contributed by atoms with van der Waals surface area (Å²) in [7, 11) is 0. The Hall–Kier alpha value is -0.330. The maximum absolute atomic E-state index is 8.74. The summed E-state index contributed by atoms with van der Waals surface area (Å²) in [6, 6.07) is 4.13. The summed E-state index contributed by atoms with van der Waals surface area (Å²) in [4.78, 5) is 1.28. The Balaban J connectivity index is 2.44. The van der Waals surface area contributed by atoms with Crippen molar-refractivity contribution in [3.63, 3.8) is 0 Å². The first kappa shape index (κ1) is 7.33. The van der Waals surface area contributed by atoms with Crippen molar-refractivity contribution in [1.29, 1.82) is 5.26 Å². The number of rotatable bonds is 1. The van der Waals surface area contributed by atoms with Crippen molar-refractivity contribution in [2.24, 2.45) is 0 Å². The Morgan fingerprint density at radius 2 is 2.36 bits per heavy atom. The Morgan fingerprint density at radius 3 is 2.91 bits per heavy atom. The van der Waals surface area contributed by atoms with Crippen molar-refractivity contribution in [3.05, 3.63) is 20.3 Å². The molecule has 3 heteroatoms. The highest BCUT2D eigenvalue weighted by molar-refractivity contribution is 9.11. The van der Waals surface area contributed by atoms with Crippen molar-refractivity contribution < 1.29 is 0 Å². The van der Waals surface area contributed by atoms with Gasteiger partial charge in [-0.2, -0.15) is 5.26 Å². The first-order valence-electron chi connectivity index (χ1n) is 3.50. The molecule has 0 N–H and O–H groups in total. The van der Waals surface area contributed by atoms with Gasteiger partial charge in [0.25, 0.3) is 0 Å². The molecule has 0 atom stereocenters. The molecule has 2 rings (SSSR count).